The molecule has 2 rings (SSSR count). The van der Waals surface area contributed by atoms with Crippen LogP contribution in [0.4, 0.5) is 0 Å². The number of nitrogens with zero attached hydrogens (tertiary/aromatic N) is 1. The number of hydrogen-bond donors (Lipinski definition) is 2. The summed E-state index contributed by atoms with van der Waals surface area (Å²) < 4.78 is 11.0. The molecule has 2 aromatic rings. The molecule has 0 aliphatic carbocycles. The zero-order valence-corrected chi connectivity index (χ0v) is 14.7. The second-order valence-corrected chi connectivity index (χ2v) is 5.35. The van der Waals surface area contributed by atoms with Crippen molar-refractivity contribution in [3.8, 4) is 17.2 Å². The summed E-state index contributed by atoms with van der Waals surface area (Å²) in [6.07, 6.45) is 1.46. The molecule has 0 aliphatic rings. The summed E-state index contributed by atoms with van der Waals surface area (Å²) in [5.74, 6) is 0.699. The number of ether oxygens (including phenoxy) is 2. The summed E-state index contributed by atoms with van der Waals surface area (Å²) in [5, 5.41) is 13.5. The minimum absolute atomic E-state index is 0.0903. The second kappa shape index (κ2) is 8.94. The number of carbonyl (C=O) groups excluding carboxylic acids is 1. The van der Waals surface area contributed by atoms with Crippen LogP contribution < -0.4 is 14.9 Å². The average molecular weight is 363 g/mol. The Morgan fingerprint density at radius 1 is 1.20 bits per heavy atom. The highest BCUT2D eigenvalue weighted by Gasteiger charge is 2.11. The van der Waals surface area contributed by atoms with Gasteiger partial charge < -0.3 is 14.6 Å². The van der Waals surface area contributed by atoms with Crippen LogP contribution in [0.1, 0.15) is 29.8 Å². The van der Waals surface area contributed by atoms with Crippen molar-refractivity contribution in [3.05, 3.63) is 52.5 Å². The Bertz CT molecular complexity index is 760. The van der Waals surface area contributed by atoms with Crippen LogP contribution in [0, 0.1) is 0 Å². The lowest BCUT2D eigenvalue weighted by Crippen LogP contribution is -2.17. The molecule has 2 N–H and O–H groups in total. The normalized spacial score (nSPS) is 10.7. The molecule has 7 heteroatoms. The van der Waals surface area contributed by atoms with Crippen LogP contribution in [0.5, 0.6) is 17.2 Å². The van der Waals surface area contributed by atoms with Crippen LogP contribution in [0.2, 0.25) is 5.02 Å². The lowest BCUT2D eigenvalue weighted by Gasteiger charge is -2.13. The van der Waals surface area contributed by atoms with Gasteiger partial charge in [-0.15, -0.1) is 0 Å². The Morgan fingerprint density at radius 3 is 2.52 bits per heavy atom. The van der Waals surface area contributed by atoms with Crippen molar-refractivity contribution in [2.45, 2.75) is 13.8 Å². The molecule has 0 radical (unpaired) electrons. The maximum atomic E-state index is 11.9. The summed E-state index contributed by atoms with van der Waals surface area (Å²) in [7, 11) is 0. The Hall–Kier alpha value is -2.73. The zero-order valence-electron chi connectivity index (χ0n) is 14.0. The second-order valence-electron chi connectivity index (χ2n) is 4.94. The minimum Gasteiger partial charge on any atom is -0.508 e. The monoisotopic (exact) mass is 362 g/mol. The van der Waals surface area contributed by atoms with Gasteiger partial charge in [-0.1, -0.05) is 11.6 Å². The molecule has 132 valence electrons. The first kappa shape index (κ1) is 18.6. The fraction of sp³-hybridized carbons (Fsp3) is 0.222. The predicted octanol–water partition coefficient (Wildman–Crippen LogP) is 3.61. The van der Waals surface area contributed by atoms with Crippen molar-refractivity contribution in [2.75, 3.05) is 13.2 Å². The molecule has 0 atom stereocenters. The topological polar surface area (TPSA) is 80.2 Å². The molecular weight excluding hydrogens is 344 g/mol. The molecule has 6 nitrogen and oxygen atoms in total. The van der Waals surface area contributed by atoms with E-state index in [4.69, 9.17) is 21.1 Å². The largest absolute Gasteiger partial charge is 0.508 e. The van der Waals surface area contributed by atoms with Gasteiger partial charge in [0.2, 0.25) is 0 Å². The zero-order chi connectivity index (χ0) is 18.2. The maximum absolute atomic E-state index is 11.9. The molecule has 1 amide bonds. The predicted molar refractivity (Wildman–Crippen MR) is 97.0 cm³/mol. The molecular formula is C18H19ClN2O4. The number of rotatable bonds is 7. The third kappa shape index (κ3) is 5.12. The average Bonchev–Trinajstić information content (AvgIpc) is 2.59. The van der Waals surface area contributed by atoms with E-state index in [1.807, 2.05) is 13.8 Å². The molecule has 0 spiro atoms. The van der Waals surface area contributed by atoms with Gasteiger partial charge in [-0.2, -0.15) is 5.10 Å². The Morgan fingerprint density at radius 2 is 1.88 bits per heavy atom. The molecule has 0 heterocycles. The number of phenolic OH excluding ortho intramolecular Hbond substituents is 1. The Labute approximate surface area is 151 Å². The molecule has 25 heavy (non-hydrogen) atoms. The first-order chi connectivity index (χ1) is 12.0. The maximum Gasteiger partial charge on any atom is 0.271 e. The highest BCUT2D eigenvalue weighted by molar-refractivity contribution is 6.32. The van der Waals surface area contributed by atoms with Gasteiger partial charge in [-0.3, -0.25) is 4.79 Å². The van der Waals surface area contributed by atoms with Crippen LogP contribution in [0.15, 0.2) is 41.5 Å². The third-order valence-corrected chi connectivity index (χ3v) is 3.41. The Kier molecular flexibility index (Phi) is 6.65. The van der Waals surface area contributed by atoms with Gasteiger partial charge in [0.1, 0.15) is 5.75 Å². The van der Waals surface area contributed by atoms with E-state index in [9.17, 15) is 9.90 Å². The first-order valence-electron chi connectivity index (χ1n) is 7.76. The number of halogens is 1. The first-order valence-corrected chi connectivity index (χ1v) is 8.14. The van der Waals surface area contributed by atoms with Crippen molar-refractivity contribution in [3.63, 3.8) is 0 Å². The fourth-order valence-corrected chi connectivity index (χ4v) is 2.33. The quantitative estimate of drug-likeness (QED) is 0.582. The van der Waals surface area contributed by atoms with E-state index in [0.717, 1.165) is 0 Å². The Balaban J connectivity index is 2.12. The minimum atomic E-state index is -0.390. The summed E-state index contributed by atoms with van der Waals surface area (Å²) in [6, 6.07) is 9.27. The fourth-order valence-electron chi connectivity index (χ4n) is 2.05. The summed E-state index contributed by atoms with van der Waals surface area (Å²) >= 11 is 6.22. The van der Waals surface area contributed by atoms with Crippen LogP contribution in [0.25, 0.3) is 0 Å². The molecule has 0 unspecified atom stereocenters. The molecule has 0 bridgehead atoms. The van der Waals surface area contributed by atoms with Gasteiger partial charge in [0.25, 0.3) is 5.91 Å². The summed E-state index contributed by atoms with van der Waals surface area (Å²) in [6.45, 7) is 4.66. The van der Waals surface area contributed by atoms with E-state index in [-0.39, 0.29) is 5.75 Å². The van der Waals surface area contributed by atoms with Crippen molar-refractivity contribution in [1.82, 2.24) is 5.43 Å². The van der Waals surface area contributed by atoms with E-state index in [0.29, 0.717) is 40.9 Å². The van der Waals surface area contributed by atoms with E-state index < -0.39 is 5.91 Å². The van der Waals surface area contributed by atoms with Crippen LogP contribution in [-0.2, 0) is 0 Å². The molecule has 2 aromatic carbocycles. The third-order valence-electron chi connectivity index (χ3n) is 3.13. The molecule has 0 aromatic heterocycles. The van der Waals surface area contributed by atoms with E-state index in [2.05, 4.69) is 10.5 Å². The van der Waals surface area contributed by atoms with E-state index >= 15 is 0 Å². The number of phenols is 1. The standard InChI is InChI=1S/C18H19ClN2O4/c1-3-24-16-10-12(9-15(19)17(16)25-4-2)11-20-21-18(23)13-5-7-14(22)8-6-13/h5-11,22H,3-4H2,1-2H3,(H,21,23)/b20-11-. The van der Waals surface area contributed by atoms with Crippen LogP contribution in [-0.4, -0.2) is 30.4 Å². The number of amides is 1. The SMILES string of the molecule is CCOc1cc(/C=N\NC(=O)c2ccc(O)cc2)cc(Cl)c1OCC. The lowest BCUT2D eigenvalue weighted by atomic mass is 10.2. The summed E-state index contributed by atoms with van der Waals surface area (Å²) in [5.41, 5.74) is 3.45. The number of aromatic hydroxyl groups is 1. The van der Waals surface area contributed by atoms with Gasteiger partial charge in [-0.25, -0.2) is 5.43 Å². The smallest absolute Gasteiger partial charge is 0.271 e. The van der Waals surface area contributed by atoms with Gasteiger partial charge in [0.15, 0.2) is 11.5 Å². The van der Waals surface area contributed by atoms with E-state index in [1.165, 1.54) is 30.5 Å². The van der Waals surface area contributed by atoms with Gasteiger partial charge in [-0.05, 0) is 55.8 Å². The highest BCUT2D eigenvalue weighted by Crippen LogP contribution is 2.36. The number of benzene rings is 2. The van der Waals surface area contributed by atoms with Crippen LogP contribution in [0.3, 0.4) is 0 Å². The van der Waals surface area contributed by atoms with Crippen molar-refractivity contribution in [2.24, 2.45) is 5.10 Å². The number of hydrazone groups is 1. The van der Waals surface area contributed by atoms with Gasteiger partial charge in [0.05, 0.1) is 24.5 Å². The van der Waals surface area contributed by atoms with Crippen molar-refractivity contribution in [1.29, 1.82) is 0 Å². The number of hydrogen-bond acceptors (Lipinski definition) is 5. The van der Waals surface area contributed by atoms with Crippen molar-refractivity contribution >= 4 is 23.7 Å². The highest BCUT2D eigenvalue weighted by atomic mass is 35.5. The molecule has 0 saturated carbocycles. The van der Waals surface area contributed by atoms with Gasteiger partial charge in [0, 0.05) is 5.56 Å². The lowest BCUT2D eigenvalue weighted by molar-refractivity contribution is 0.0955. The van der Waals surface area contributed by atoms with E-state index in [1.54, 1.807) is 12.1 Å². The van der Waals surface area contributed by atoms with Gasteiger partial charge >= 0.3 is 0 Å². The number of nitrogens with one attached hydrogen (secondary N) is 1. The van der Waals surface area contributed by atoms with Crippen LogP contribution >= 0.6 is 11.6 Å². The molecule has 0 saturated heterocycles. The van der Waals surface area contributed by atoms with Crippen molar-refractivity contribution < 1.29 is 19.4 Å². The molecule has 0 fully saturated rings. The molecule has 0 aliphatic heterocycles. The number of carbonyl (C=O) groups is 1. The summed E-state index contributed by atoms with van der Waals surface area (Å²) in [4.78, 5) is 11.9.